The molecular formula is C7H15ClO4S. The molecule has 0 heterocycles. The van der Waals surface area contributed by atoms with Gasteiger partial charge >= 0.3 is 0 Å². The van der Waals surface area contributed by atoms with E-state index in [1.165, 1.54) is 0 Å². The zero-order valence-electron chi connectivity index (χ0n) is 7.66. The van der Waals surface area contributed by atoms with Gasteiger partial charge in [-0.3, -0.25) is 0 Å². The molecule has 0 saturated carbocycles. The Kier molecular flexibility index (Phi) is 7.65. The maximum Gasteiger partial charge on any atom is 0.234 e. The van der Waals surface area contributed by atoms with Gasteiger partial charge in [0, 0.05) is 17.3 Å². The van der Waals surface area contributed by atoms with E-state index in [0.29, 0.717) is 19.8 Å². The third-order valence-electron chi connectivity index (χ3n) is 1.19. The predicted octanol–water partition coefficient (Wildman–Crippen LogP) is 0.998. The lowest BCUT2D eigenvalue weighted by Gasteiger charge is -2.03. The first-order valence-corrected chi connectivity index (χ1v) is 6.62. The van der Waals surface area contributed by atoms with Gasteiger partial charge in [-0.15, -0.1) is 0 Å². The molecule has 0 aromatic rings. The zero-order valence-corrected chi connectivity index (χ0v) is 9.23. The molecule has 0 rings (SSSR count). The molecule has 0 aromatic carbocycles. The summed E-state index contributed by atoms with van der Waals surface area (Å²) in [5.74, 6) is -0.150. The molecule has 0 saturated heterocycles. The Hall–Kier alpha value is 0.160. The van der Waals surface area contributed by atoms with Crippen molar-refractivity contribution in [2.75, 3.05) is 32.2 Å². The van der Waals surface area contributed by atoms with Crippen molar-refractivity contribution < 1.29 is 17.9 Å². The highest BCUT2D eigenvalue weighted by Gasteiger charge is 2.03. The number of hydrogen-bond donors (Lipinski definition) is 0. The first-order chi connectivity index (χ1) is 6.06. The largest absolute Gasteiger partial charge is 0.379 e. The number of halogens is 1. The van der Waals surface area contributed by atoms with Gasteiger partial charge in [0.1, 0.15) is 0 Å². The Morgan fingerprint density at radius 3 is 2.08 bits per heavy atom. The number of rotatable bonds is 8. The summed E-state index contributed by atoms with van der Waals surface area (Å²) in [7, 11) is 1.54. The van der Waals surface area contributed by atoms with Crippen molar-refractivity contribution in [2.24, 2.45) is 0 Å². The summed E-state index contributed by atoms with van der Waals surface area (Å²) in [5, 5.41) is 0. The predicted molar refractivity (Wildman–Crippen MR) is 51.6 cm³/mol. The van der Waals surface area contributed by atoms with Crippen molar-refractivity contribution in [3.05, 3.63) is 0 Å². The van der Waals surface area contributed by atoms with Crippen LogP contribution < -0.4 is 0 Å². The van der Waals surface area contributed by atoms with Crippen LogP contribution in [-0.4, -0.2) is 40.6 Å². The summed E-state index contributed by atoms with van der Waals surface area (Å²) in [4.78, 5) is 0. The molecule has 6 heteroatoms. The Morgan fingerprint density at radius 2 is 1.62 bits per heavy atom. The van der Waals surface area contributed by atoms with Crippen LogP contribution in [0.25, 0.3) is 0 Å². The van der Waals surface area contributed by atoms with E-state index in [4.69, 9.17) is 20.2 Å². The smallest absolute Gasteiger partial charge is 0.234 e. The topological polar surface area (TPSA) is 52.6 Å². The second-order valence-electron chi connectivity index (χ2n) is 2.47. The molecule has 13 heavy (non-hydrogen) atoms. The van der Waals surface area contributed by atoms with Gasteiger partial charge in [0.2, 0.25) is 9.05 Å². The standard InChI is InChI=1S/C7H15ClO4S/c1-2-3-11-4-5-12-6-7-13(8,9)10/h2-7H2,1H3. The average molecular weight is 231 g/mol. The Balaban J connectivity index is 3.09. The van der Waals surface area contributed by atoms with E-state index in [9.17, 15) is 8.42 Å². The summed E-state index contributed by atoms with van der Waals surface area (Å²) in [6.07, 6.45) is 0.968. The van der Waals surface area contributed by atoms with E-state index in [1.54, 1.807) is 0 Å². The molecule has 0 bridgehead atoms. The highest BCUT2D eigenvalue weighted by molar-refractivity contribution is 8.13. The normalized spacial score (nSPS) is 11.8. The first-order valence-electron chi connectivity index (χ1n) is 4.14. The maximum atomic E-state index is 10.4. The summed E-state index contributed by atoms with van der Waals surface area (Å²) >= 11 is 0. The SMILES string of the molecule is CCCOCCOCCS(=O)(=O)Cl. The van der Waals surface area contributed by atoms with Gasteiger partial charge < -0.3 is 9.47 Å². The quantitative estimate of drug-likeness (QED) is 0.461. The van der Waals surface area contributed by atoms with E-state index < -0.39 is 9.05 Å². The maximum absolute atomic E-state index is 10.4. The molecule has 0 unspecified atom stereocenters. The molecular weight excluding hydrogens is 216 g/mol. The molecule has 80 valence electrons. The van der Waals surface area contributed by atoms with Crippen LogP contribution in [0.2, 0.25) is 0 Å². The van der Waals surface area contributed by atoms with Gasteiger partial charge in [0.15, 0.2) is 0 Å². The van der Waals surface area contributed by atoms with E-state index in [0.717, 1.165) is 6.42 Å². The second-order valence-corrected chi connectivity index (χ2v) is 5.36. The van der Waals surface area contributed by atoms with Crippen LogP contribution in [0.3, 0.4) is 0 Å². The number of hydrogen-bond acceptors (Lipinski definition) is 4. The van der Waals surface area contributed by atoms with Crippen LogP contribution in [-0.2, 0) is 18.5 Å². The van der Waals surface area contributed by atoms with Crippen molar-refractivity contribution in [1.29, 1.82) is 0 Å². The van der Waals surface area contributed by atoms with Gasteiger partial charge in [-0.2, -0.15) is 0 Å². The fourth-order valence-electron chi connectivity index (χ4n) is 0.625. The molecule has 0 amide bonds. The van der Waals surface area contributed by atoms with Crippen molar-refractivity contribution in [3.8, 4) is 0 Å². The molecule has 0 spiro atoms. The van der Waals surface area contributed by atoms with Gasteiger partial charge in [0.05, 0.1) is 25.6 Å². The highest BCUT2D eigenvalue weighted by atomic mass is 35.7. The Labute approximate surface area is 83.6 Å². The van der Waals surface area contributed by atoms with E-state index in [1.807, 2.05) is 6.92 Å². The molecule has 0 aliphatic carbocycles. The Bertz CT molecular complexity index is 203. The monoisotopic (exact) mass is 230 g/mol. The van der Waals surface area contributed by atoms with Crippen molar-refractivity contribution in [1.82, 2.24) is 0 Å². The molecule has 0 fully saturated rings. The van der Waals surface area contributed by atoms with Crippen molar-refractivity contribution in [2.45, 2.75) is 13.3 Å². The summed E-state index contributed by atoms with van der Waals surface area (Å²) in [6, 6.07) is 0. The van der Waals surface area contributed by atoms with Crippen LogP contribution in [0.5, 0.6) is 0 Å². The van der Waals surface area contributed by atoms with Crippen LogP contribution in [0.1, 0.15) is 13.3 Å². The van der Waals surface area contributed by atoms with Gasteiger partial charge in [-0.05, 0) is 6.42 Å². The molecule has 0 atom stereocenters. The zero-order chi connectivity index (χ0) is 10.2. The minimum Gasteiger partial charge on any atom is -0.379 e. The van der Waals surface area contributed by atoms with E-state index >= 15 is 0 Å². The minimum absolute atomic E-state index is 0.126. The van der Waals surface area contributed by atoms with Crippen LogP contribution in [0.15, 0.2) is 0 Å². The average Bonchev–Trinajstić information content (AvgIpc) is 2.01. The van der Waals surface area contributed by atoms with Crippen molar-refractivity contribution in [3.63, 3.8) is 0 Å². The molecule has 0 aliphatic heterocycles. The highest BCUT2D eigenvalue weighted by Crippen LogP contribution is 1.95. The number of ether oxygens (including phenoxy) is 2. The van der Waals surface area contributed by atoms with Crippen LogP contribution in [0, 0.1) is 0 Å². The van der Waals surface area contributed by atoms with Crippen LogP contribution in [0.4, 0.5) is 0 Å². The summed E-state index contributed by atoms with van der Waals surface area (Å²) < 4.78 is 30.9. The Morgan fingerprint density at radius 1 is 1.08 bits per heavy atom. The third kappa shape index (κ3) is 12.2. The van der Waals surface area contributed by atoms with E-state index in [-0.39, 0.29) is 12.4 Å². The van der Waals surface area contributed by atoms with Gasteiger partial charge in [-0.1, -0.05) is 6.92 Å². The lowest BCUT2D eigenvalue weighted by Crippen LogP contribution is -2.10. The fourth-order valence-corrected chi connectivity index (χ4v) is 1.13. The lowest BCUT2D eigenvalue weighted by atomic mass is 10.5. The lowest BCUT2D eigenvalue weighted by molar-refractivity contribution is 0.0538. The van der Waals surface area contributed by atoms with Gasteiger partial charge in [0.25, 0.3) is 0 Å². The molecule has 4 nitrogen and oxygen atoms in total. The molecule has 0 aliphatic rings. The molecule has 0 radical (unpaired) electrons. The second kappa shape index (κ2) is 7.55. The summed E-state index contributed by atoms with van der Waals surface area (Å²) in [5.41, 5.74) is 0. The first kappa shape index (κ1) is 13.2. The summed E-state index contributed by atoms with van der Waals surface area (Å²) in [6.45, 7) is 3.75. The van der Waals surface area contributed by atoms with Crippen LogP contribution >= 0.6 is 10.7 Å². The van der Waals surface area contributed by atoms with E-state index in [2.05, 4.69) is 0 Å². The third-order valence-corrected chi connectivity index (χ3v) is 2.31. The molecule has 0 aromatic heterocycles. The minimum atomic E-state index is -3.42. The fraction of sp³-hybridized carbons (Fsp3) is 1.00. The van der Waals surface area contributed by atoms with Crippen molar-refractivity contribution >= 4 is 19.7 Å². The molecule has 0 N–H and O–H groups in total. The van der Waals surface area contributed by atoms with Gasteiger partial charge in [-0.25, -0.2) is 8.42 Å².